The Morgan fingerprint density at radius 2 is 1.71 bits per heavy atom. The summed E-state index contributed by atoms with van der Waals surface area (Å²) in [5, 5.41) is 8.41. The fourth-order valence-corrected chi connectivity index (χ4v) is 4.64. The highest BCUT2D eigenvalue weighted by Crippen LogP contribution is 2.34. The molecule has 1 aromatic heterocycles. The average Bonchev–Trinajstić information content (AvgIpc) is 3.43. The van der Waals surface area contributed by atoms with Gasteiger partial charge in [0.15, 0.2) is 0 Å². The van der Waals surface area contributed by atoms with Gasteiger partial charge < -0.3 is 9.15 Å². The van der Waals surface area contributed by atoms with Crippen LogP contribution in [0.2, 0.25) is 5.02 Å². The van der Waals surface area contributed by atoms with Gasteiger partial charge in [0.2, 0.25) is 21.8 Å². The fraction of sp³-hybridized carbons (Fsp3) is 0.263. The zero-order chi connectivity index (χ0) is 22.2. The first-order chi connectivity index (χ1) is 14.6. The Morgan fingerprint density at radius 3 is 2.29 bits per heavy atom. The molecule has 164 valence electrons. The molecule has 1 heterocycles. The summed E-state index contributed by atoms with van der Waals surface area (Å²) in [6, 6.07) is 10.5. The second-order valence-electron chi connectivity index (χ2n) is 6.81. The maximum atomic E-state index is 13.1. The Balaban J connectivity index is 1.54. The Morgan fingerprint density at radius 1 is 1.06 bits per heavy atom. The van der Waals surface area contributed by atoms with E-state index in [4.69, 9.17) is 16.0 Å². The molecule has 2 aromatic carbocycles. The number of hydrogen-bond donors (Lipinski definition) is 0. The van der Waals surface area contributed by atoms with Gasteiger partial charge in [-0.2, -0.15) is 4.31 Å². The third-order valence-electron chi connectivity index (χ3n) is 4.47. The summed E-state index contributed by atoms with van der Waals surface area (Å²) in [4.78, 5) is -0.161. The van der Waals surface area contributed by atoms with Crippen LogP contribution in [0.4, 0.5) is 13.2 Å². The molecule has 1 saturated carbocycles. The minimum atomic E-state index is -4.86. The van der Waals surface area contributed by atoms with Crippen molar-refractivity contribution in [1.29, 1.82) is 0 Å². The lowest BCUT2D eigenvalue weighted by Crippen LogP contribution is -2.32. The summed E-state index contributed by atoms with van der Waals surface area (Å²) in [7, 11) is -4.01. The van der Waals surface area contributed by atoms with E-state index in [2.05, 4.69) is 14.9 Å². The minimum absolute atomic E-state index is 0.0949. The number of rotatable bonds is 7. The van der Waals surface area contributed by atoms with Gasteiger partial charge in [0.05, 0.1) is 11.4 Å². The number of nitrogens with zero attached hydrogens (tertiary/aromatic N) is 3. The number of sulfonamides is 1. The molecule has 0 amide bonds. The van der Waals surface area contributed by atoms with E-state index < -0.39 is 22.1 Å². The van der Waals surface area contributed by atoms with Crippen LogP contribution in [0.3, 0.4) is 0 Å². The molecule has 0 radical (unpaired) electrons. The van der Waals surface area contributed by atoms with E-state index in [9.17, 15) is 21.6 Å². The standard InChI is InChI=1S/C19H15ClF3N3O4S/c20-13-3-1-12(2-4-13)18-25-24-17(29-18)11-26(14-5-6-14)31(27,28)16-9-7-15(8-10-16)30-19(21,22)23/h1-4,7-10,14H,5-6,11H2. The van der Waals surface area contributed by atoms with Crippen molar-refractivity contribution in [1.82, 2.24) is 14.5 Å². The molecular weight excluding hydrogens is 459 g/mol. The van der Waals surface area contributed by atoms with Crippen molar-refractivity contribution in [2.45, 2.75) is 36.7 Å². The Kier molecular flexibility index (Phi) is 5.67. The molecule has 0 unspecified atom stereocenters. The Labute approximate surface area is 180 Å². The predicted octanol–water partition coefficient (Wildman–Crippen LogP) is 4.64. The van der Waals surface area contributed by atoms with Crippen LogP contribution in [0, 0.1) is 0 Å². The van der Waals surface area contributed by atoms with Crippen LogP contribution in [0.5, 0.6) is 5.75 Å². The van der Waals surface area contributed by atoms with Crippen molar-refractivity contribution >= 4 is 21.6 Å². The second-order valence-corrected chi connectivity index (χ2v) is 9.14. The molecule has 0 spiro atoms. The van der Waals surface area contributed by atoms with Crippen molar-refractivity contribution < 1.29 is 30.7 Å². The number of benzene rings is 2. The molecule has 0 atom stereocenters. The van der Waals surface area contributed by atoms with Crippen LogP contribution in [0.25, 0.3) is 11.5 Å². The van der Waals surface area contributed by atoms with Gasteiger partial charge in [0.1, 0.15) is 5.75 Å². The highest BCUT2D eigenvalue weighted by atomic mass is 35.5. The van der Waals surface area contributed by atoms with E-state index in [-0.39, 0.29) is 29.3 Å². The molecule has 7 nitrogen and oxygen atoms in total. The maximum absolute atomic E-state index is 13.1. The van der Waals surface area contributed by atoms with Gasteiger partial charge in [-0.15, -0.1) is 23.4 Å². The lowest BCUT2D eigenvalue weighted by atomic mass is 10.2. The van der Waals surface area contributed by atoms with Crippen LogP contribution in [0.15, 0.2) is 57.8 Å². The van der Waals surface area contributed by atoms with E-state index in [1.807, 2.05) is 0 Å². The first-order valence-electron chi connectivity index (χ1n) is 9.08. The third-order valence-corrected chi connectivity index (χ3v) is 6.63. The molecule has 0 saturated heterocycles. The first kappa shape index (κ1) is 21.6. The maximum Gasteiger partial charge on any atom is 0.573 e. The summed E-state index contributed by atoms with van der Waals surface area (Å²) in [6.07, 6.45) is -3.54. The average molecular weight is 474 g/mol. The summed E-state index contributed by atoms with van der Waals surface area (Å²) in [6.45, 7) is -0.158. The smallest absolute Gasteiger partial charge is 0.419 e. The summed E-state index contributed by atoms with van der Waals surface area (Å²) in [5.41, 5.74) is 0.629. The molecule has 1 aliphatic rings. The van der Waals surface area contributed by atoms with Gasteiger partial charge in [-0.05, 0) is 61.4 Å². The summed E-state index contributed by atoms with van der Waals surface area (Å²) in [5.74, 6) is -0.195. The number of alkyl halides is 3. The van der Waals surface area contributed by atoms with E-state index in [0.29, 0.717) is 23.4 Å². The Hall–Kier alpha value is -2.63. The monoisotopic (exact) mass is 473 g/mol. The van der Waals surface area contributed by atoms with Crippen LogP contribution in [-0.2, 0) is 16.6 Å². The Bertz CT molecular complexity index is 1160. The normalized spacial score (nSPS) is 14.7. The van der Waals surface area contributed by atoms with Gasteiger partial charge in [-0.3, -0.25) is 0 Å². The fourth-order valence-electron chi connectivity index (χ4n) is 2.88. The largest absolute Gasteiger partial charge is 0.573 e. The molecule has 0 N–H and O–H groups in total. The predicted molar refractivity (Wildman–Crippen MR) is 104 cm³/mol. The molecule has 3 aromatic rings. The topological polar surface area (TPSA) is 85.5 Å². The van der Waals surface area contributed by atoms with Crippen LogP contribution in [0.1, 0.15) is 18.7 Å². The molecule has 12 heteroatoms. The van der Waals surface area contributed by atoms with Gasteiger partial charge in [-0.1, -0.05) is 11.6 Å². The molecule has 4 rings (SSSR count). The van der Waals surface area contributed by atoms with E-state index in [1.54, 1.807) is 24.3 Å². The van der Waals surface area contributed by atoms with Gasteiger partial charge in [0.25, 0.3) is 0 Å². The van der Waals surface area contributed by atoms with E-state index in [0.717, 1.165) is 24.3 Å². The lowest BCUT2D eigenvalue weighted by molar-refractivity contribution is -0.274. The molecule has 31 heavy (non-hydrogen) atoms. The van der Waals surface area contributed by atoms with Crippen molar-refractivity contribution in [3.05, 3.63) is 59.4 Å². The van der Waals surface area contributed by atoms with E-state index >= 15 is 0 Å². The molecule has 0 aliphatic heterocycles. The van der Waals surface area contributed by atoms with Gasteiger partial charge in [-0.25, -0.2) is 8.42 Å². The second kappa shape index (κ2) is 8.13. The number of aromatic nitrogens is 2. The molecule has 0 bridgehead atoms. The quantitative estimate of drug-likeness (QED) is 0.497. The highest BCUT2D eigenvalue weighted by Gasteiger charge is 2.39. The summed E-state index contributed by atoms with van der Waals surface area (Å²) < 4.78 is 73.8. The van der Waals surface area contributed by atoms with Gasteiger partial charge in [0, 0.05) is 16.6 Å². The van der Waals surface area contributed by atoms with Gasteiger partial charge >= 0.3 is 6.36 Å². The number of ether oxygens (including phenoxy) is 1. The zero-order valence-electron chi connectivity index (χ0n) is 15.7. The molecule has 1 aliphatic carbocycles. The SMILES string of the molecule is O=S(=O)(c1ccc(OC(F)(F)F)cc1)N(Cc1nnc(-c2ccc(Cl)cc2)o1)C1CC1. The van der Waals surface area contributed by atoms with Crippen molar-refractivity contribution in [2.24, 2.45) is 0 Å². The van der Waals surface area contributed by atoms with Crippen LogP contribution < -0.4 is 4.74 Å². The van der Waals surface area contributed by atoms with Crippen LogP contribution in [-0.4, -0.2) is 35.3 Å². The van der Waals surface area contributed by atoms with Crippen molar-refractivity contribution in [3.8, 4) is 17.2 Å². The minimum Gasteiger partial charge on any atom is -0.419 e. The molecule has 1 fully saturated rings. The lowest BCUT2D eigenvalue weighted by Gasteiger charge is -2.20. The van der Waals surface area contributed by atoms with Crippen LogP contribution >= 0.6 is 11.6 Å². The number of halogens is 4. The van der Waals surface area contributed by atoms with E-state index in [1.165, 1.54) is 4.31 Å². The summed E-state index contributed by atoms with van der Waals surface area (Å²) >= 11 is 5.86. The first-order valence-corrected chi connectivity index (χ1v) is 10.9. The molecular formula is C19H15ClF3N3O4S. The van der Waals surface area contributed by atoms with Crippen molar-refractivity contribution in [3.63, 3.8) is 0 Å². The van der Waals surface area contributed by atoms with Crippen molar-refractivity contribution in [2.75, 3.05) is 0 Å². The highest BCUT2D eigenvalue weighted by molar-refractivity contribution is 7.89. The third kappa shape index (κ3) is 5.17. The number of hydrogen-bond acceptors (Lipinski definition) is 6. The zero-order valence-corrected chi connectivity index (χ0v) is 17.3.